The number of carbonyl (C=O) groups is 1. The Balaban J connectivity index is 1.75. The first kappa shape index (κ1) is 21.6. The van der Waals surface area contributed by atoms with Gasteiger partial charge < -0.3 is 14.5 Å². The van der Waals surface area contributed by atoms with Crippen LogP contribution in [-0.4, -0.2) is 38.8 Å². The summed E-state index contributed by atoms with van der Waals surface area (Å²) in [6.45, 7) is 0.0788. The van der Waals surface area contributed by atoms with Gasteiger partial charge in [0.05, 0.1) is 31.4 Å². The highest BCUT2D eigenvalue weighted by Gasteiger charge is 2.26. The third-order valence-corrected chi connectivity index (χ3v) is 6.41. The number of hydrogen-bond acceptors (Lipinski definition) is 5. The van der Waals surface area contributed by atoms with Crippen molar-refractivity contribution in [1.82, 2.24) is 9.62 Å². The molecule has 0 saturated carbocycles. The number of hydrogen-bond donors (Lipinski definition) is 1. The van der Waals surface area contributed by atoms with Crippen LogP contribution in [0.25, 0.3) is 0 Å². The molecule has 2 aromatic carbocycles. The van der Waals surface area contributed by atoms with E-state index >= 15 is 0 Å². The number of sulfonamides is 1. The van der Waals surface area contributed by atoms with E-state index in [0.717, 1.165) is 5.56 Å². The molecule has 0 aliphatic heterocycles. The molecule has 0 aliphatic carbocycles. The van der Waals surface area contributed by atoms with Crippen molar-refractivity contribution in [3.05, 3.63) is 84.3 Å². The topological polar surface area (TPSA) is 88.9 Å². The molecular formula is C22H24N2O5S. The van der Waals surface area contributed by atoms with E-state index < -0.39 is 15.9 Å². The van der Waals surface area contributed by atoms with E-state index in [1.807, 2.05) is 30.3 Å². The monoisotopic (exact) mass is 428 g/mol. The normalized spacial score (nSPS) is 11.4. The summed E-state index contributed by atoms with van der Waals surface area (Å²) in [5.41, 5.74) is 0.989. The lowest BCUT2D eigenvalue weighted by Gasteiger charge is -2.22. The lowest BCUT2D eigenvalue weighted by Crippen LogP contribution is -2.41. The maximum Gasteiger partial charge on any atom is 0.243 e. The summed E-state index contributed by atoms with van der Waals surface area (Å²) < 4.78 is 37.9. The Hall–Kier alpha value is -3.10. The van der Waals surface area contributed by atoms with Gasteiger partial charge in [-0.25, -0.2) is 8.42 Å². The molecule has 8 heteroatoms. The predicted molar refractivity (Wildman–Crippen MR) is 112 cm³/mol. The minimum Gasteiger partial charge on any atom is -0.497 e. The van der Waals surface area contributed by atoms with E-state index in [1.165, 1.54) is 29.8 Å². The van der Waals surface area contributed by atoms with Crippen molar-refractivity contribution in [3.63, 3.8) is 0 Å². The van der Waals surface area contributed by atoms with E-state index in [1.54, 1.807) is 24.3 Å². The third kappa shape index (κ3) is 5.71. The Kier molecular flexibility index (Phi) is 7.26. The van der Waals surface area contributed by atoms with Gasteiger partial charge in [0.1, 0.15) is 11.5 Å². The Bertz CT molecular complexity index is 1030. The Morgan fingerprint density at radius 1 is 1.03 bits per heavy atom. The van der Waals surface area contributed by atoms with Crippen LogP contribution >= 0.6 is 0 Å². The number of ether oxygens (including phenoxy) is 1. The molecule has 1 aromatic heterocycles. The lowest BCUT2D eigenvalue weighted by atomic mass is 10.1. The molecule has 30 heavy (non-hydrogen) atoms. The van der Waals surface area contributed by atoms with Crippen LogP contribution in [-0.2, 0) is 27.8 Å². The predicted octanol–water partition coefficient (Wildman–Crippen LogP) is 2.84. The zero-order valence-electron chi connectivity index (χ0n) is 16.7. The number of nitrogens with one attached hydrogen (secondary N) is 1. The van der Waals surface area contributed by atoms with Crippen LogP contribution in [0.15, 0.2) is 82.3 Å². The number of amides is 1. The van der Waals surface area contributed by atoms with Gasteiger partial charge >= 0.3 is 0 Å². The largest absolute Gasteiger partial charge is 0.497 e. The van der Waals surface area contributed by atoms with Crippen molar-refractivity contribution in [1.29, 1.82) is 0 Å². The van der Waals surface area contributed by atoms with E-state index in [4.69, 9.17) is 9.15 Å². The summed E-state index contributed by atoms with van der Waals surface area (Å²) in [5.74, 6) is 0.745. The molecule has 158 valence electrons. The molecule has 0 spiro atoms. The van der Waals surface area contributed by atoms with Crippen LogP contribution < -0.4 is 10.1 Å². The van der Waals surface area contributed by atoms with Gasteiger partial charge in [0.15, 0.2) is 0 Å². The Morgan fingerprint density at radius 2 is 1.77 bits per heavy atom. The number of methoxy groups -OCH3 is 1. The molecule has 1 amide bonds. The summed E-state index contributed by atoms with van der Waals surface area (Å²) in [5, 5.41) is 2.70. The number of benzene rings is 2. The van der Waals surface area contributed by atoms with Crippen LogP contribution in [0.1, 0.15) is 11.3 Å². The lowest BCUT2D eigenvalue weighted by molar-refractivity contribution is -0.121. The molecule has 0 unspecified atom stereocenters. The SMILES string of the molecule is COc1ccc(S(=O)(=O)N(CCc2ccccc2)CC(=O)NCc2ccco2)cc1. The number of nitrogens with zero attached hydrogens (tertiary/aromatic N) is 1. The van der Waals surface area contributed by atoms with Crippen molar-refractivity contribution in [2.75, 3.05) is 20.2 Å². The average Bonchev–Trinajstić information content (AvgIpc) is 3.29. The van der Waals surface area contributed by atoms with Crippen LogP contribution in [0, 0.1) is 0 Å². The maximum absolute atomic E-state index is 13.2. The molecule has 0 fully saturated rings. The summed E-state index contributed by atoms with van der Waals surface area (Å²) in [6.07, 6.45) is 2.00. The zero-order chi connectivity index (χ0) is 21.4. The molecule has 7 nitrogen and oxygen atoms in total. The molecule has 0 radical (unpaired) electrons. The van der Waals surface area contributed by atoms with E-state index in [-0.39, 0.29) is 24.5 Å². The number of furan rings is 1. The van der Waals surface area contributed by atoms with Gasteiger partial charge in [0.25, 0.3) is 0 Å². The fourth-order valence-corrected chi connectivity index (χ4v) is 4.29. The summed E-state index contributed by atoms with van der Waals surface area (Å²) in [6, 6.07) is 19.1. The average molecular weight is 429 g/mol. The highest BCUT2D eigenvalue weighted by atomic mass is 32.2. The minimum atomic E-state index is -3.87. The van der Waals surface area contributed by atoms with E-state index in [0.29, 0.717) is 17.9 Å². The van der Waals surface area contributed by atoms with Gasteiger partial charge in [0, 0.05) is 6.54 Å². The van der Waals surface area contributed by atoms with Crippen LogP contribution in [0.4, 0.5) is 0 Å². The van der Waals surface area contributed by atoms with Crippen LogP contribution in [0.2, 0.25) is 0 Å². The van der Waals surface area contributed by atoms with Gasteiger partial charge in [0.2, 0.25) is 15.9 Å². The van der Waals surface area contributed by atoms with Gasteiger partial charge in [-0.05, 0) is 48.4 Å². The van der Waals surface area contributed by atoms with E-state index in [2.05, 4.69) is 5.32 Å². The Labute approximate surface area is 176 Å². The highest BCUT2D eigenvalue weighted by Crippen LogP contribution is 2.20. The molecule has 0 aliphatic rings. The molecule has 0 atom stereocenters. The van der Waals surface area contributed by atoms with Crippen LogP contribution in [0.5, 0.6) is 5.75 Å². The molecular weight excluding hydrogens is 404 g/mol. The third-order valence-electron chi connectivity index (χ3n) is 4.55. The second-order valence-electron chi connectivity index (χ2n) is 6.61. The van der Waals surface area contributed by atoms with Crippen molar-refractivity contribution in [3.8, 4) is 5.75 Å². The Morgan fingerprint density at radius 3 is 2.40 bits per heavy atom. The molecule has 1 heterocycles. The van der Waals surface area contributed by atoms with Gasteiger partial charge in [-0.1, -0.05) is 30.3 Å². The second-order valence-corrected chi connectivity index (χ2v) is 8.54. The molecule has 3 rings (SSSR count). The van der Waals surface area contributed by atoms with E-state index in [9.17, 15) is 13.2 Å². The number of rotatable bonds is 10. The standard InChI is InChI=1S/C22H24N2O5S/c1-28-19-9-11-21(12-10-19)30(26,27)24(14-13-18-6-3-2-4-7-18)17-22(25)23-16-20-8-5-15-29-20/h2-12,15H,13-14,16-17H2,1H3,(H,23,25). The van der Waals surface area contributed by atoms with Crippen molar-refractivity contribution >= 4 is 15.9 Å². The number of carbonyl (C=O) groups excluding carboxylic acids is 1. The van der Waals surface area contributed by atoms with Crippen molar-refractivity contribution in [2.45, 2.75) is 17.9 Å². The second kappa shape index (κ2) is 10.1. The van der Waals surface area contributed by atoms with Crippen molar-refractivity contribution in [2.24, 2.45) is 0 Å². The fraction of sp³-hybridized carbons (Fsp3) is 0.227. The maximum atomic E-state index is 13.2. The molecule has 0 bridgehead atoms. The highest BCUT2D eigenvalue weighted by molar-refractivity contribution is 7.89. The summed E-state index contributed by atoms with van der Waals surface area (Å²) in [7, 11) is -2.36. The first-order valence-electron chi connectivity index (χ1n) is 9.46. The van der Waals surface area contributed by atoms with Gasteiger partial charge in [-0.2, -0.15) is 4.31 Å². The minimum absolute atomic E-state index is 0.107. The summed E-state index contributed by atoms with van der Waals surface area (Å²) >= 11 is 0. The zero-order valence-corrected chi connectivity index (χ0v) is 17.5. The van der Waals surface area contributed by atoms with Gasteiger partial charge in [-0.3, -0.25) is 4.79 Å². The quantitative estimate of drug-likeness (QED) is 0.536. The molecule has 1 N–H and O–H groups in total. The first-order chi connectivity index (χ1) is 14.5. The molecule has 0 saturated heterocycles. The first-order valence-corrected chi connectivity index (χ1v) is 10.9. The smallest absolute Gasteiger partial charge is 0.243 e. The van der Waals surface area contributed by atoms with Crippen molar-refractivity contribution < 1.29 is 22.4 Å². The summed E-state index contributed by atoms with van der Waals surface area (Å²) in [4.78, 5) is 12.6. The molecule has 3 aromatic rings. The van der Waals surface area contributed by atoms with Crippen LogP contribution in [0.3, 0.4) is 0 Å². The van der Waals surface area contributed by atoms with Gasteiger partial charge in [-0.15, -0.1) is 0 Å². The fourth-order valence-electron chi connectivity index (χ4n) is 2.89.